The molecule has 5 nitrogen and oxygen atoms in total. The Hall–Kier alpha value is -1.85. The minimum atomic E-state index is -0.0279. The molecule has 0 saturated carbocycles. The monoisotopic (exact) mass is 314 g/mol. The van der Waals surface area contributed by atoms with Crippen molar-refractivity contribution in [3.63, 3.8) is 0 Å². The molecule has 1 aromatic heterocycles. The number of likely N-dealkylation sites (N-methyl/N-ethyl adjacent to an activating group) is 1. The molecule has 1 amide bonds. The lowest BCUT2D eigenvalue weighted by Gasteiger charge is -2.36. The molecule has 1 aliphatic heterocycles. The van der Waals surface area contributed by atoms with E-state index in [-0.39, 0.29) is 5.91 Å². The SMILES string of the molecule is Cc1ccc2cc(C(=O)NC[C@@H](C)N3CCN(C)CC3)[nH]c2c1. The van der Waals surface area contributed by atoms with Crippen molar-refractivity contribution in [2.75, 3.05) is 39.8 Å². The lowest BCUT2D eigenvalue weighted by molar-refractivity contribution is 0.0900. The van der Waals surface area contributed by atoms with Gasteiger partial charge in [-0.25, -0.2) is 0 Å². The first kappa shape index (κ1) is 16.0. The minimum Gasteiger partial charge on any atom is -0.351 e. The van der Waals surface area contributed by atoms with Crippen LogP contribution in [0.3, 0.4) is 0 Å². The molecule has 0 radical (unpaired) electrons. The van der Waals surface area contributed by atoms with Gasteiger partial charge in [-0.05, 0) is 38.6 Å². The Morgan fingerprint density at radius 3 is 2.74 bits per heavy atom. The Labute approximate surface area is 137 Å². The molecule has 0 unspecified atom stereocenters. The van der Waals surface area contributed by atoms with E-state index in [2.05, 4.69) is 53.1 Å². The standard InChI is InChI=1S/C18H26N4O/c1-13-4-5-15-11-17(20-16(15)10-13)18(23)19-12-14(2)22-8-6-21(3)7-9-22/h4-5,10-11,14,20H,6-9,12H2,1-3H3,(H,19,23)/t14-/m1/s1. The van der Waals surface area contributed by atoms with E-state index in [0.717, 1.165) is 37.1 Å². The van der Waals surface area contributed by atoms with Crippen LogP contribution in [0.2, 0.25) is 0 Å². The van der Waals surface area contributed by atoms with Crippen LogP contribution in [-0.4, -0.2) is 66.5 Å². The third-order valence-electron chi connectivity index (χ3n) is 4.74. The highest BCUT2D eigenvalue weighted by Gasteiger charge is 2.20. The number of fused-ring (bicyclic) bond motifs is 1. The number of H-pyrrole nitrogens is 1. The van der Waals surface area contributed by atoms with E-state index >= 15 is 0 Å². The molecule has 1 fully saturated rings. The number of carbonyl (C=O) groups is 1. The van der Waals surface area contributed by atoms with Gasteiger partial charge in [-0.15, -0.1) is 0 Å². The normalized spacial score (nSPS) is 18.2. The highest BCUT2D eigenvalue weighted by molar-refractivity contribution is 5.98. The summed E-state index contributed by atoms with van der Waals surface area (Å²) in [6, 6.07) is 8.46. The van der Waals surface area contributed by atoms with Crippen LogP contribution in [0.4, 0.5) is 0 Å². The molecule has 1 atom stereocenters. The maximum atomic E-state index is 12.4. The van der Waals surface area contributed by atoms with Crippen molar-refractivity contribution in [2.45, 2.75) is 19.9 Å². The fraction of sp³-hybridized carbons (Fsp3) is 0.500. The topological polar surface area (TPSA) is 51.4 Å². The number of aromatic nitrogens is 1. The molecule has 2 heterocycles. The van der Waals surface area contributed by atoms with E-state index in [0.29, 0.717) is 18.3 Å². The molecule has 1 aromatic carbocycles. The average Bonchev–Trinajstić information content (AvgIpc) is 2.96. The predicted octanol–water partition coefficient (Wildman–Crippen LogP) is 1.84. The molecule has 0 bridgehead atoms. The quantitative estimate of drug-likeness (QED) is 0.905. The second kappa shape index (κ2) is 6.72. The smallest absolute Gasteiger partial charge is 0.267 e. The predicted molar refractivity (Wildman–Crippen MR) is 93.9 cm³/mol. The number of carbonyl (C=O) groups excluding carboxylic acids is 1. The molecule has 1 aliphatic rings. The van der Waals surface area contributed by atoms with Gasteiger partial charge in [-0.3, -0.25) is 9.69 Å². The fourth-order valence-electron chi connectivity index (χ4n) is 3.09. The molecule has 3 rings (SSSR count). The minimum absolute atomic E-state index is 0.0279. The Balaban J connectivity index is 1.57. The molecule has 1 saturated heterocycles. The highest BCUT2D eigenvalue weighted by atomic mass is 16.1. The summed E-state index contributed by atoms with van der Waals surface area (Å²) >= 11 is 0. The van der Waals surface area contributed by atoms with E-state index in [1.54, 1.807) is 0 Å². The second-order valence-corrected chi connectivity index (χ2v) is 6.67. The number of nitrogens with zero attached hydrogens (tertiary/aromatic N) is 2. The van der Waals surface area contributed by atoms with Gasteiger partial charge in [-0.1, -0.05) is 12.1 Å². The Bertz CT molecular complexity index is 685. The highest BCUT2D eigenvalue weighted by Crippen LogP contribution is 2.16. The van der Waals surface area contributed by atoms with Crippen molar-refractivity contribution < 1.29 is 4.79 Å². The van der Waals surface area contributed by atoms with E-state index in [1.165, 1.54) is 5.56 Å². The van der Waals surface area contributed by atoms with E-state index in [9.17, 15) is 4.79 Å². The van der Waals surface area contributed by atoms with Gasteiger partial charge in [0.1, 0.15) is 5.69 Å². The average molecular weight is 314 g/mol. The molecule has 124 valence electrons. The zero-order valence-electron chi connectivity index (χ0n) is 14.2. The maximum absolute atomic E-state index is 12.4. The zero-order valence-corrected chi connectivity index (χ0v) is 14.2. The molecule has 0 aliphatic carbocycles. The van der Waals surface area contributed by atoms with Crippen LogP contribution >= 0.6 is 0 Å². The number of piperazine rings is 1. The number of hydrogen-bond donors (Lipinski definition) is 2. The van der Waals surface area contributed by atoms with Gasteiger partial charge in [0.25, 0.3) is 5.91 Å². The summed E-state index contributed by atoms with van der Waals surface area (Å²) in [7, 11) is 2.15. The van der Waals surface area contributed by atoms with E-state index in [4.69, 9.17) is 0 Å². The zero-order chi connectivity index (χ0) is 16.4. The van der Waals surface area contributed by atoms with Crippen LogP contribution < -0.4 is 5.32 Å². The molecule has 2 aromatic rings. The third-order valence-corrected chi connectivity index (χ3v) is 4.74. The van der Waals surface area contributed by atoms with Gasteiger partial charge in [0.05, 0.1) is 0 Å². The Morgan fingerprint density at radius 2 is 2.00 bits per heavy atom. The molecule has 23 heavy (non-hydrogen) atoms. The summed E-state index contributed by atoms with van der Waals surface area (Å²) in [5.74, 6) is -0.0279. The van der Waals surface area contributed by atoms with Gasteiger partial charge in [0.15, 0.2) is 0 Å². The first-order chi connectivity index (χ1) is 11.0. The van der Waals surface area contributed by atoms with Gasteiger partial charge >= 0.3 is 0 Å². The number of aromatic amines is 1. The number of benzene rings is 1. The molecule has 5 heteroatoms. The number of aryl methyl sites for hydroxylation is 1. The van der Waals surface area contributed by atoms with Crippen molar-refractivity contribution in [1.82, 2.24) is 20.1 Å². The third kappa shape index (κ3) is 3.74. The summed E-state index contributed by atoms with van der Waals surface area (Å²) < 4.78 is 0. The summed E-state index contributed by atoms with van der Waals surface area (Å²) in [4.78, 5) is 20.4. The summed E-state index contributed by atoms with van der Waals surface area (Å²) in [6.07, 6.45) is 0. The lowest BCUT2D eigenvalue weighted by Crippen LogP contribution is -2.51. The number of amides is 1. The van der Waals surface area contributed by atoms with Crippen LogP contribution in [-0.2, 0) is 0 Å². The van der Waals surface area contributed by atoms with Gasteiger partial charge < -0.3 is 15.2 Å². The molecular weight excluding hydrogens is 288 g/mol. The molecule has 0 spiro atoms. The number of rotatable bonds is 4. The van der Waals surface area contributed by atoms with Crippen LogP contribution in [0.15, 0.2) is 24.3 Å². The van der Waals surface area contributed by atoms with E-state index < -0.39 is 0 Å². The first-order valence-corrected chi connectivity index (χ1v) is 8.33. The summed E-state index contributed by atoms with van der Waals surface area (Å²) in [5, 5.41) is 4.13. The first-order valence-electron chi connectivity index (χ1n) is 8.33. The van der Waals surface area contributed by atoms with Crippen molar-refractivity contribution in [1.29, 1.82) is 0 Å². The van der Waals surface area contributed by atoms with Crippen molar-refractivity contribution >= 4 is 16.8 Å². The van der Waals surface area contributed by atoms with Gasteiger partial charge in [-0.2, -0.15) is 0 Å². The summed E-state index contributed by atoms with van der Waals surface area (Å²) in [5.41, 5.74) is 2.84. The van der Waals surface area contributed by atoms with Gasteiger partial charge in [0.2, 0.25) is 0 Å². The van der Waals surface area contributed by atoms with Crippen LogP contribution in [0.1, 0.15) is 23.0 Å². The van der Waals surface area contributed by atoms with Crippen LogP contribution in [0, 0.1) is 6.92 Å². The number of hydrogen-bond acceptors (Lipinski definition) is 3. The lowest BCUT2D eigenvalue weighted by atomic mass is 10.2. The van der Waals surface area contributed by atoms with Crippen LogP contribution in [0.5, 0.6) is 0 Å². The fourth-order valence-corrected chi connectivity index (χ4v) is 3.09. The summed E-state index contributed by atoms with van der Waals surface area (Å²) in [6.45, 7) is 9.24. The van der Waals surface area contributed by atoms with E-state index in [1.807, 2.05) is 12.1 Å². The van der Waals surface area contributed by atoms with Crippen molar-refractivity contribution in [3.8, 4) is 0 Å². The van der Waals surface area contributed by atoms with Crippen molar-refractivity contribution in [3.05, 3.63) is 35.5 Å². The maximum Gasteiger partial charge on any atom is 0.267 e. The number of nitrogens with one attached hydrogen (secondary N) is 2. The van der Waals surface area contributed by atoms with Crippen molar-refractivity contribution in [2.24, 2.45) is 0 Å². The Kier molecular flexibility index (Phi) is 4.68. The largest absolute Gasteiger partial charge is 0.351 e. The van der Waals surface area contributed by atoms with Gasteiger partial charge in [0, 0.05) is 49.7 Å². The Morgan fingerprint density at radius 1 is 1.26 bits per heavy atom. The molecular formula is C18H26N4O. The molecule has 2 N–H and O–H groups in total. The second-order valence-electron chi connectivity index (χ2n) is 6.67. The van der Waals surface area contributed by atoms with Crippen LogP contribution in [0.25, 0.3) is 10.9 Å².